The van der Waals surface area contributed by atoms with E-state index in [1.807, 2.05) is 57.2 Å². The number of aliphatic hydroxyl groups is 1. The predicted octanol–water partition coefficient (Wildman–Crippen LogP) is 3.36. The summed E-state index contributed by atoms with van der Waals surface area (Å²) in [5.74, 6) is -0.0963. The van der Waals surface area contributed by atoms with Crippen molar-refractivity contribution in [2.24, 2.45) is 5.92 Å². The lowest BCUT2D eigenvalue weighted by Crippen LogP contribution is -2.47. The van der Waals surface area contributed by atoms with Crippen molar-refractivity contribution in [2.45, 2.75) is 44.8 Å². The maximum Gasteiger partial charge on any atom is 0.410 e. The van der Waals surface area contributed by atoms with Crippen LogP contribution in [0.1, 0.15) is 45.0 Å². The van der Waals surface area contributed by atoms with Gasteiger partial charge in [0.15, 0.2) is 5.60 Å². The van der Waals surface area contributed by atoms with Crippen molar-refractivity contribution < 1.29 is 14.6 Å². The van der Waals surface area contributed by atoms with Crippen LogP contribution in [0.4, 0.5) is 4.79 Å². The number of ether oxygens (including phenoxy) is 1. The van der Waals surface area contributed by atoms with Gasteiger partial charge in [0.1, 0.15) is 5.60 Å². The number of aromatic nitrogens is 2. The van der Waals surface area contributed by atoms with E-state index in [0.717, 1.165) is 0 Å². The van der Waals surface area contributed by atoms with Crippen molar-refractivity contribution in [3.05, 3.63) is 60.2 Å². The van der Waals surface area contributed by atoms with Gasteiger partial charge in [-0.3, -0.25) is 9.97 Å². The fraction of sp³-hybridized carbons (Fsp3) is 0.476. The normalized spacial score (nSPS) is 16.2. The standard InChI is InChI=1S/C21H27N3O3/c1-20(2,3)27-19(25)24-14-10-16(11-15-24)21(26,17-8-4-6-12-22-17)18-9-5-7-13-23-18/h4-9,12-13,16,26H,10-11,14-15H2,1-3H3. The molecule has 1 aliphatic rings. The lowest BCUT2D eigenvalue weighted by molar-refractivity contribution is -0.0285. The Hall–Kier alpha value is -2.47. The van der Waals surface area contributed by atoms with E-state index in [4.69, 9.17) is 4.74 Å². The van der Waals surface area contributed by atoms with Gasteiger partial charge >= 0.3 is 6.09 Å². The van der Waals surface area contributed by atoms with Crippen LogP contribution in [-0.4, -0.2) is 44.8 Å². The molecular weight excluding hydrogens is 342 g/mol. The van der Waals surface area contributed by atoms with E-state index in [9.17, 15) is 9.90 Å². The van der Waals surface area contributed by atoms with Crippen LogP contribution >= 0.6 is 0 Å². The first kappa shape index (κ1) is 19.3. The summed E-state index contributed by atoms with van der Waals surface area (Å²) < 4.78 is 5.47. The first-order valence-corrected chi connectivity index (χ1v) is 9.34. The minimum absolute atomic E-state index is 0.0963. The molecule has 3 rings (SSSR count). The number of likely N-dealkylation sites (tertiary alicyclic amines) is 1. The second-order valence-electron chi connectivity index (χ2n) is 7.94. The lowest BCUT2D eigenvalue weighted by Gasteiger charge is -2.41. The van der Waals surface area contributed by atoms with E-state index in [0.29, 0.717) is 37.3 Å². The summed E-state index contributed by atoms with van der Waals surface area (Å²) >= 11 is 0. The van der Waals surface area contributed by atoms with Crippen LogP contribution < -0.4 is 0 Å². The van der Waals surface area contributed by atoms with E-state index >= 15 is 0 Å². The molecule has 1 saturated heterocycles. The van der Waals surface area contributed by atoms with Gasteiger partial charge in [-0.05, 0) is 57.9 Å². The summed E-state index contributed by atoms with van der Waals surface area (Å²) in [7, 11) is 0. The van der Waals surface area contributed by atoms with Crippen LogP contribution in [0, 0.1) is 5.92 Å². The molecule has 1 fully saturated rings. The number of hydrogen-bond acceptors (Lipinski definition) is 5. The van der Waals surface area contributed by atoms with E-state index in [1.54, 1.807) is 17.3 Å². The Morgan fingerprint density at radius 1 is 1.04 bits per heavy atom. The number of carbonyl (C=O) groups is 1. The molecular formula is C21H27N3O3. The third-order valence-electron chi connectivity index (χ3n) is 4.85. The Kier molecular flexibility index (Phi) is 5.46. The van der Waals surface area contributed by atoms with Crippen molar-refractivity contribution in [2.75, 3.05) is 13.1 Å². The maximum atomic E-state index is 12.3. The smallest absolute Gasteiger partial charge is 0.410 e. The third-order valence-corrected chi connectivity index (χ3v) is 4.85. The summed E-state index contributed by atoms with van der Waals surface area (Å²) in [6, 6.07) is 11.0. The molecule has 0 aliphatic carbocycles. The van der Waals surface area contributed by atoms with Gasteiger partial charge in [-0.15, -0.1) is 0 Å². The highest BCUT2D eigenvalue weighted by molar-refractivity contribution is 5.68. The molecule has 0 saturated carbocycles. The quantitative estimate of drug-likeness (QED) is 0.898. The monoisotopic (exact) mass is 369 g/mol. The lowest BCUT2D eigenvalue weighted by atomic mass is 9.76. The summed E-state index contributed by atoms with van der Waals surface area (Å²) in [5.41, 5.74) is -0.641. The van der Waals surface area contributed by atoms with Gasteiger partial charge in [-0.2, -0.15) is 0 Å². The molecule has 6 nitrogen and oxygen atoms in total. The van der Waals surface area contributed by atoms with E-state index in [-0.39, 0.29) is 12.0 Å². The molecule has 2 aromatic rings. The van der Waals surface area contributed by atoms with Gasteiger partial charge in [0.2, 0.25) is 0 Å². The summed E-state index contributed by atoms with van der Waals surface area (Å²) in [4.78, 5) is 22.9. The fourth-order valence-corrected chi connectivity index (χ4v) is 3.53. The molecule has 0 atom stereocenters. The van der Waals surface area contributed by atoms with Crippen LogP contribution in [0.3, 0.4) is 0 Å². The first-order chi connectivity index (χ1) is 12.8. The molecule has 1 aliphatic heterocycles. The highest BCUT2D eigenvalue weighted by Gasteiger charge is 2.44. The van der Waals surface area contributed by atoms with Gasteiger partial charge < -0.3 is 14.7 Å². The molecule has 0 bridgehead atoms. The van der Waals surface area contributed by atoms with E-state index < -0.39 is 11.2 Å². The van der Waals surface area contributed by atoms with Gasteiger partial charge in [0, 0.05) is 31.4 Å². The van der Waals surface area contributed by atoms with Crippen LogP contribution in [0.5, 0.6) is 0 Å². The largest absolute Gasteiger partial charge is 0.444 e. The molecule has 6 heteroatoms. The Morgan fingerprint density at radius 3 is 1.96 bits per heavy atom. The molecule has 1 amide bonds. The SMILES string of the molecule is CC(C)(C)OC(=O)N1CCC(C(O)(c2ccccn2)c2ccccn2)CC1. The van der Waals surface area contributed by atoms with Crippen molar-refractivity contribution >= 4 is 6.09 Å². The molecule has 0 aromatic carbocycles. The second-order valence-corrected chi connectivity index (χ2v) is 7.94. The number of hydrogen-bond donors (Lipinski definition) is 1. The molecule has 144 valence electrons. The van der Waals surface area contributed by atoms with E-state index in [1.165, 1.54) is 0 Å². The number of pyridine rings is 2. The van der Waals surface area contributed by atoms with Crippen LogP contribution in [0.25, 0.3) is 0 Å². The Morgan fingerprint density at radius 2 is 1.56 bits per heavy atom. The average molecular weight is 369 g/mol. The van der Waals surface area contributed by atoms with Crippen LogP contribution in [0.2, 0.25) is 0 Å². The van der Waals surface area contributed by atoms with Gasteiger partial charge in [0.05, 0.1) is 11.4 Å². The minimum atomic E-state index is -1.29. The fourth-order valence-electron chi connectivity index (χ4n) is 3.53. The number of piperidine rings is 1. The molecule has 1 N–H and O–H groups in total. The Balaban J connectivity index is 1.81. The molecule has 0 spiro atoms. The van der Waals surface area contributed by atoms with Gasteiger partial charge in [0.25, 0.3) is 0 Å². The summed E-state index contributed by atoms with van der Waals surface area (Å²) in [5, 5.41) is 11.7. The average Bonchev–Trinajstić information content (AvgIpc) is 2.67. The first-order valence-electron chi connectivity index (χ1n) is 9.34. The van der Waals surface area contributed by atoms with Gasteiger partial charge in [-0.1, -0.05) is 12.1 Å². The number of amides is 1. The number of rotatable bonds is 3. The number of nitrogens with zero attached hydrogens (tertiary/aromatic N) is 3. The zero-order chi connectivity index (χ0) is 19.5. The molecule has 0 unspecified atom stereocenters. The molecule has 0 radical (unpaired) electrons. The third kappa shape index (κ3) is 4.27. The van der Waals surface area contributed by atoms with Crippen LogP contribution in [-0.2, 0) is 10.3 Å². The number of carbonyl (C=O) groups excluding carboxylic acids is 1. The molecule has 2 aromatic heterocycles. The van der Waals surface area contributed by atoms with E-state index in [2.05, 4.69) is 9.97 Å². The summed E-state index contributed by atoms with van der Waals surface area (Å²) in [6.07, 6.45) is 4.34. The zero-order valence-electron chi connectivity index (χ0n) is 16.1. The van der Waals surface area contributed by atoms with Crippen molar-refractivity contribution in [1.29, 1.82) is 0 Å². The maximum absolute atomic E-state index is 12.3. The van der Waals surface area contributed by atoms with Crippen molar-refractivity contribution in [3.8, 4) is 0 Å². The van der Waals surface area contributed by atoms with Crippen molar-refractivity contribution in [1.82, 2.24) is 14.9 Å². The highest BCUT2D eigenvalue weighted by Crippen LogP contribution is 2.40. The minimum Gasteiger partial charge on any atom is -0.444 e. The second kappa shape index (κ2) is 7.64. The van der Waals surface area contributed by atoms with Crippen molar-refractivity contribution in [3.63, 3.8) is 0 Å². The molecule has 3 heterocycles. The Labute approximate surface area is 160 Å². The Bertz CT molecular complexity index is 712. The van der Waals surface area contributed by atoms with Crippen LogP contribution in [0.15, 0.2) is 48.8 Å². The topological polar surface area (TPSA) is 75.5 Å². The van der Waals surface area contributed by atoms with Gasteiger partial charge in [-0.25, -0.2) is 4.79 Å². The highest BCUT2D eigenvalue weighted by atomic mass is 16.6. The molecule has 27 heavy (non-hydrogen) atoms. The zero-order valence-corrected chi connectivity index (χ0v) is 16.1. The predicted molar refractivity (Wildman–Crippen MR) is 102 cm³/mol. The summed E-state index contributed by atoms with van der Waals surface area (Å²) in [6.45, 7) is 6.64.